The Morgan fingerprint density at radius 2 is 1.68 bits per heavy atom. The first-order chi connectivity index (χ1) is 9.03. The van der Waals surface area contributed by atoms with Crippen LogP contribution in [0.4, 0.5) is 0 Å². The van der Waals surface area contributed by atoms with Gasteiger partial charge in [0.05, 0.1) is 0 Å². The molecule has 0 heterocycles. The molecule has 2 rings (SSSR count). The van der Waals surface area contributed by atoms with Crippen molar-refractivity contribution in [2.24, 2.45) is 11.1 Å². The van der Waals surface area contributed by atoms with Gasteiger partial charge in [0, 0.05) is 4.47 Å². The fourth-order valence-electron chi connectivity index (χ4n) is 2.53. The van der Waals surface area contributed by atoms with Gasteiger partial charge >= 0.3 is 0 Å². The molecule has 0 bridgehead atoms. The Labute approximate surface area is 124 Å². The van der Waals surface area contributed by atoms with Crippen LogP contribution in [0.15, 0.2) is 40.9 Å². The topological polar surface area (TPSA) is 26.0 Å². The van der Waals surface area contributed by atoms with Crippen molar-refractivity contribution in [3.8, 4) is 0 Å². The van der Waals surface area contributed by atoms with Crippen LogP contribution < -0.4 is 5.73 Å². The van der Waals surface area contributed by atoms with Crippen LogP contribution in [0.25, 0.3) is 10.8 Å². The van der Waals surface area contributed by atoms with Gasteiger partial charge in [-0.3, -0.25) is 0 Å². The smallest absolute Gasteiger partial charge is 0.0253 e. The van der Waals surface area contributed by atoms with Crippen LogP contribution >= 0.6 is 15.9 Å². The molecule has 2 heteroatoms. The maximum Gasteiger partial charge on any atom is 0.0253 e. The van der Waals surface area contributed by atoms with E-state index in [1.54, 1.807) is 0 Å². The molecule has 2 N–H and O–H groups in total. The average molecular weight is 320 g/mol. The second-order valence-electron chi connectivity index (χ2n) is 5.95. The number of benzene rings is 2. The summed E-state index contributed by atoms with van der Waals surface area (Å²) in [4.78, 5) is 0. The fourth-order valence-corrected chi connectivity index (χ4v) is 3.01. The predicted octanol–water partition coefficient (Wildman–Crippen LogP) is 4.91. The van der Waals surface area contributed by atoms with Gasteiger partial charge in [-0.25, -0.2) is 0 Å². The molecule has 0 spiro atoms. The van der Waals surface area contributed by atoms with Gasteiger partial charge < -0.3 is 5.73 Å². The number of hydrogen-bond acceptors (Lipinski definition) is 1. The highest BCUT2D eigenvalue weighted by Crippen LogP contribution is 2.31. The maximum absolute atomic E-state index is 5.69. The molecule has 0 amide bonds. The Balaban J connectivity index is 2.24. The van der Waals surface area contributed by atoms with Crippen molar-refractivity contribution in [2.75, 3.05) is 6.54 Å². The molecule has 0 aliphatic carbocycles. The lowest BCUT2D eigenvalue weighted by molar-refractivity contribution is 0.314. The Kier molecular flexibility index (Phi) is 4.64. The number of hydrogen-bond donors (Lipinski definition) is 1. The van der Waals surface area contributed by atoms with Crippen molar-refractivity contribution in [3.63, 3.8) is 0 Å². The summed E-state index contributed by atoms with van der Waals surface area (Å²) in [5, 5.41) is 2.66. The van der Waals surface area contributed by atoms with Gasteiger partial charge in [0.15, 0.2) is 0 Å². The van der Waals surface area contributed by atoms with Crippen LogP contribution in [0, 0.1) is 5.41 Å². The summed E-state index contributed by atoms with van der Waals surface area (Å²) in [6.07, 6.45) is 3.37. The molecule has 0 aromatic heterocycles. The van der Waals surface area contributed by atoms with E-state index < -0.39 is 0 Å². The standard InChI is InChI=1S/C17H22BrN/c1-17(2,11-12-19)10-9-13-7-8-16(18)15-6-4-3-5-14(13)15/h3-8H,9-12,19H2,1-2H3. The van der Waals surface area contributed by atoms with Gasteiger partial charge in [0.1, 0.15) is 0 Å². The molecule has 1 nitrogen and oxygen atoms in total. The van der Waals surface area contributed by atoms with Crippen LogP contribution in [-0.2, 0) is 6.42 Å². The van der Waals surface area contributed by atoms with Crippen LogP contribution in [0.3, 0.4) is 0 Å². The fraction of sp³-hybridized carbons (Fsp3) is 0.412. The van der Waals surface area contributed by atoms with Crippen molar-refractivity contribution in [1.29, 1.82) is 0 Å². The highest BCUT2D eigenvalue weighted by Gasteiger charge is 2.17. The van der Waals surface area contributed by atoms with Crippen molar-refractivity contribution >= 4 is 26.7 Å². The summed E-state index contributed by atoms with van der Waals surface area (Å²) in [7, 11) is 0. The summed E-state index contributed by atoms with van der Waals surface area (Å²) in [6.45, 7) is 5.38. The molecule has 102 valence electrons. The monoisotopic (exact) mass is 319 g/mol. The minimum absolute atomic E-state index is 0.322. The molecule has 0 radical (unpaired) electrons. The molecular formula is C17H22BrN. The Bertz CT molecular complexity index is 560. The lowest BCUT2D eigenvalue weighted by atomic mass is 9.82. The van der Waals surface area contributed by atoms with E-state index in [4.69, 9.17) is 5.73 Å². The zero-order valence-corrected chi connectivity index (χ0v) is 13.3. The van der Waals surface area contributed by atoms with Gasteiger partial charge in [-0.15, -0.1) is 0 Å². The van der Waals surface area contributed by atoms with Crippen LogP contribution in [0.5, 0.6) is 0 Å². The van der Waals surface area contributed by atoms with E-state index in [-0.39, 0.29) is 0 Å². The number of aryl methyl sites for hydroxylation is 1. The van der Waals surface area contributed by atoms with Gasteiger partial charge in [0.2, 0.25) is 0 Å². The zero-order valence-electron chi connectivity index (χ0n) is 11.7. The molecule has 0 aliphatic rings. The third-order valence-electron chi connectivity index (χ3n) is 3.85. The van der Waals surface area contributed by atoms with Gasteiger partial charge in [-0.2, -0.15) is 0 Å². The van der Waals surface area contributed by atoms with E-state index in [1.807, 2.05) is 0 Å². The van der Waals surface area contributed by atoms with Crippen molar-refractivity contribution in [1.82, 2.24) is 0 Å². The molecule has 19 heavy (non-hydrogen) atoms. The quantitative estimate of drug-likeness (QED) is 0.832. The van der Waals surface area contributed by atoms with Crippen LogP contribution in [-0.4, -0.2) is 6.54 Å². The molecule has 0 atom stereocenters. The third-order valence-corrected chi connectivity index (χ3v) is 4.54. The summed E-state index contributed by atoms with van der Waals surface area (Å²) in [5.41, 5.74) is 7.44. The lowest BCUT2D eigenvalue weighted by Gasteiger charge is -2.24. The summed E-state index contributed by atoms with van der Waals surface area (Å²) in [6, 6.07) is 13.0. The maximum atomic E-state index is 5.69. The summed E-state index contributed by atoms with van der Waals surface area (Å²) >= 11 is 3.63. The normalized spacial score (nSPS) is 12.0. The van der Waals surface area contributed by atoms with E-state index in [9.17, 15) is 0 Å². The zero-order chi connectivity index (χ0) is 13.9. The average Bonchev–Trinajstić information content (AvgIpc) is 2.38. The molecule has 0 saturated carbocycles. The molecule has 0 fully saturated rings. The van der Waals surface area contributed by atoms with Gasteiger partial charge in [-0.05, 0) is 53.6 Å². The SMILES string of the molecule is CC(C)(CCN)CCc1ccc(Br)c2ccccc12. The first kappa shape index (κ1) is 14.5. The number of nitrogens with two attached hydrogens (primary N) is 1. The highest BCUT2D eigenvalue weighted by molar-refractivity contribution is 9.10. The van der Waals surface area contributed by atoms with E-state index >= 15 is 0 Å². The first-order valence-electron chi connectivity index (χ1n) is 6.90. The van der Waals surface area contributed by atoms with Crippen molar-refractivity contribution in [3.05, 3.63) is 46.4 Å². The molecule has 2 aromatic carbocycles. The Hall–Kier alpha value is -0.860. The predicted molar refractivity (Wildman–Crippen MR) is 87.4 cm³/mol. The van der Waals surface area contributed by atoms with Crippen molar-refractivity contribution in [2.45, 2.75) is 33.1 Å². The van der Waals surface area contributed by atoms with Crippen LogP contribution in [0.2, 0.25) is 0 Å². The second-order valence-corrected chi connectivity index (χ2v) is 6.81. The molecular weight excluding hydrogens is 298 g/mol. The Morgan fingerprint density at radius 3 is 2.37 bits per heavy atom. The Morgan fingerprint density at radius 1 is 1.00 bits per heavy atom. The van der Waals surface area contributed by atoms with Crippen LogP contribution in [0.1, 0.15) is 32.3 Å². The first-order valence-corrected chi connectivity index (χ1v) is 7.69. The largest absolute Gasteiger partial charge is 0.330 e. The molecule has 0 aliphatic heterocycles. The summed E-state index contributed by atoms with van der Waals surface area (Å²) < 4.78 is 1.17. The van der Waals surface area contributed by atoms with E-state index in [2.05, 4.69) is 66.2 Å². The van der Waals surface area contributed by atoms with E-state index in [1.165, 1.54) is 27.2 Å². The van der Waals surface area contributed by atoms with Gasteiger partial charge in [-0.1, -0.05) is 60.1 Å². The summed E-state index contributed by atoms with van der Waals surface area (Å²) in [5.74, 6) is 0. The molecule has 2 aromatic rings. The number of rotatable bonds is 5. The number of halogens is 1. The van der Waals surface area contributed by atoms with Gasteiger partial charge in [0.25, 0.3) is 0 Å². The highest BCUT2D eigenvalue weighted by atomic mass is 79.9. The minimum atomic E-state index is 0.322. The molecule has 0 saturated heterocycles. The van der Waals surface area contributed by atoms with Crippen molar-refractivity contribution < 1.29 is 0 Å². The molecule has 0 unspecified atom stereocenters. The number of fused-ring (bicyclic) bond motifs is 1. The second kappa shape index (κ2) is 6.06. The third kappa shape index (κ3) is 3.58. The minimum Gasteiger partial charge on any atom is -0.330 e. The van der Waals surface area contributed by atoms with E-state index in [0.717, 1.165) is 19.4 Å². The lowest BCUT2D eigenvalue weighted by Crippen LogP contribution is -2.17. The van der Waals surface area contributed by atoms with E-state index in [0.29, 0.717) is 5.41 Å².